The highest BCUT2D eigenvalue weighted by molar-refractivity contribution is 7.16. The van der Waals surface area contributed by atoms with E-state index in [1.54, 1.807) is 29.3 Å². The number of aromatic nitrogens is 5. The second-order valence-electron chi connectivity index (χ2n) is 4.79. The molecule has 0 aliphatic carbocycles. The summed E-state index contributed by atoms with van der Waals surface area (Å²) in [5.74, 6) is 0. The molecule has 0 aliphatic heterocycles. The molecule has 0 saturated heterocycles. The van der Waals surface area contributed by atoms with Crippen LogP contribution in [0.3, 0.4) is 0 Å². The highest BCUT2D eigenvalue weighted by Crippen LogP contribution is 2.26. The molecule has 7 heteroatoms. The van der Waals surface area contributed by atoms with Crippen LogP contribution in [-0.4, -0.2) is 24.6 Å². The van der Waals surface area contributed by atoms with Crippen LogP contribution in [0.4, 0.5) is 0 Å². The molecule has 0 saturated carbocycles. The van der Waals surface area contributed by atoms with Crippen molar-refractivity contribution in [2.75, 3.05) is 0 Å². The molecule has 1 atom stereocenters. The largest absolute Gasteiger partial charge is 0.318 e. The zero-order valence-corrected chi connectivity index (χ0v) is 12.3. The number of hydrogen-bond donors (Lipinski definition) is 1. The van der Waals surface area contributed by atoms with Gasteiger partial charge in [-0.15, -0.1) is 0 Å². The fourth-order valence-electron chi connectivity index (χ4n) is 2.21. The number of nitrogens with two attached hydrogens (primary N) is 1. The minimum atomic E-state index is -0.267. The molecule has 6 nitrogen and oxygen atoms in total. The van der Waals surface area contributed by atoms with Crippen LogP contribution >= 0.6 is 11.3 Å². The van der Waals surface area contributed by atoms with Gasteiger partial charge in [-0.1, -0.05) is 11.3 Å². The van der Waals surface area contributed by atoms with Gasteiger partial charge in [-0.05, 0) is 29.8 Å². The van der Waals surface area contributed by atoms with Crippen LogP contribution in [0, 0.1) is 0 Å². The summed E-state index contributed by atoms with van der Waals surface area (Å²) in [4.78, 5) is 13.5. The van der Waals surface area contributed by atoms with Gasteiger partial charge in [-0.3, -0.25) is 9.97 Å². The normalized spacial score (nSPS) is 12.6. The topological polar surface area (TPSA) is 82.0 Å². The smallest absolute Gasteiger partial charge is 0.212 e. The Labute approximate surface area is 130 Å². The average Bonchev–Trinajstić information content (AvgIpc) is 3.15. The molecule has 0 spiro atoms. The lowest BCUT2D eigenvalue weighted by Gasteiger charge is -2.06. The number of imidazole rings is 1. The van der Waals surface area contributed by atoms with E-state index < -0.39 is 0 Å². The maximum Gasteiger partial charge on any atom is 0.212 e. The van der Waals surface area contributed by atoms with Gasteiger partial charge >= 0.3 is 0 Å². The first-order valence-corrected chi connectivity index (χ1v) is 7.55. The Morgan fingerprint density at radius 2 is 1.95 bits per heavy atom. The van der Waals surface area contributed by atoms with Crippen LogP contribution in [0.1, 0.15) is 16.6 Å². The Bertz CT molecular complexity index is 868. The molecule has 0 amide bonds. The van der Waals surface area contributed by atoms with Crippen molar-refractivity contribution in [1.29, 1.82) is 0 Å². The molecule has 108 valence electrons. The number of nitrogens with zero attached hydrogens (tertiary/aromatic N) is 5. The summed E-state index contributed by atoms with van der Waals surface area (Å²) in [6.07, 6.45) is 8.89. The summed E-state index contributed by atoms with van der Waals surface area (Å²) in [5.41, 5.74) is 9.07. The standard InChI is InChI=1S/C15H12N6S/c16-13(10-3-6-17-7-4-10)14-20-21-9-12(19-15(21)22-14)11-2-1-5-18-8-11/h1-9,13H,16H2. The van der Waals surface area contributed by atoms with Gasteiger partial charge in [-0.25, -0.2) is 9.50 Å². The van der Waals surface area contributed by atoms with Crippen LogP contribution in [0.2, 0.25) is 0 Å². The summed E-state index contributed by atoms with van der Waals surface area (Å²) in [5, 5.41) is 5.37. The molecule has 4 aromatic rings. The molecule has 2 N–H and O–H groups in total. The van der Waals surface area contributed by atoms with E-state index >= 15 is 0 Å². The lowest BCUT2D eigenvalue weighted by molar-refractivity contribution is 0.805. The SMILES string of the molecule is NC(c1ccncc1)c1nn2cc(-c3cccnc3)nc2s1. The van der Waals surface area contributed by atoms with Crippen LogP contribution in [-0.2, 0) is 0 Å². The summed E-state index contributed by atoms with van der Waals surface area (Å²) in [7, 11) is 0. The van der Waals surface area contributed by atoms with E-state index in [9.17, 15) is 0 Å². The quantitative estimate of drug-likeness (QED) is 0.628. The molecule has 0 aromatic carbocycles. The zero-order valence-electron chi connectivity index (χ0n) is 11.5. The zero-order chi connectivity index (χ0) is 14.9. The molecule has 0 radical (unpaired) electrons. The molecule has 0 fully saturated rings. The fraction of sp³-hybridized carbons (Fsp3) is 0.0667. The molecule has 4 heterocycles. The molecular formula is C15H12N6S. The van der Waals surface area contributed by atoms with Gasteiger partial charge in [0, 0.05) is 30.4 Å². The van der Waals surface area contributed by atoms with Crippen molar-refractivity contribution < 1.29 is 0 Å². The van der Waals surface area contributed by atoms with E-state index in [1.165, 1.54) is 11.3 Å². The second kappa shape index (κ2) is 5.28. The molecular weight excluding hydrogens is 296 g/mol. The maximum absolute atomic E-state index is 6.26. The fourth-order valence-corrected chi connectivity index (χ4v) is 3.12. The van der Waals surface area contributed by atoms with E-state index in [1.807, 2.05) is 30.5 Å². The Balaban J connectivity index is 1.70. The number of hydrogen-bond acceptors (Lipinski definition) is 6. The Hall–Kier alpha value is -2.64. The van der Waals surface area contributed by atoms with Crippen molar-refractivity contribution in [2.24, 2.45) is 5.73 Å². The lowest BCUT2D eigenvalue weighted by Crippen LogP contribution is -2.11. The summed E-state index contributed by atoms with van der Waals surface area (Å²) >= 11 is 1.49. The molecule has 0 aliphatic rings. The maximum atomic E-state index is 6.26. The lowest BCUT2D eigenvalue weighted by atomic mass is 10.1. The van der Waals surface area contributed by atoms with Gasteiger partial charge in [0.1, 0.15) is 5.01 Å². The summed E-state index contributed by atoms with van der Waals surface area (Å²) < 4.78 is 1.77. The number of fused-ring (bicyclic) bond motifs is 1. The van der Waals surface area contributed by atoms with Crippen LogP contribution < -0.4 is 5.73 Å². The van der Waals surface area contributed by atoms with Gasteiger partial charge in [-0.2, -0.15) is 5.10 Å². The van der Waals surface area contributed by atoms with Gasteiger partial charge in [0.25, 0.3) is 0 Å². The third-order valence-corrected chi connectivity index (χ3v) is 4.35. The van der Waals surface area contributed by atoms with Crippen molar-refractivity contribution >= 4 is 16.3 Å². The van der Waals surface area contributed by atoms with Crippen molar-refractivity contribution in [3.8, 4) is 11.3 Å². The third-order valence-electron chi connectivity index (χ3n) is 3.35. The van der Waals surface area contributed by atoms with Crippen molar-refractivity contribution in [1.82, 2.24) is 24.6 Å². The van der Waals surface area contributed by atoms with E-state index in [0.29, 0.717) is 0 Å². The molecule has 1 unspecified atom stereocenters. The predicted octanol–water partition coefficient (Wildman–Crippen LogP) is 2.30. The van der Waals surface area contributed by atoms with E-state index in [0.717, 1.165) is 26.8 Å². The van der Waals surface area contributed by atoms with Crippen LogP contribution in [0.5, 0.6) is 0 Å². The third kappa shape index (κ3) is 2.26. The molecule has 0 bridgehead atoms. The molecule has 4 aromatic heterocycles. The summed E-state index contributed by atoms with van der Waals surface area (Å²) in [6.45, 7) is 0. The van der Waals surface area contributed by atoms with Crippen molar-refractivity contribution in [3.05, 3.63) is 65.8 Å². The predicted molar refractivity (Wildman–Crippen MR) is 84.4 cm³/mol. The van der Waals surface area contributed by atoms with Crippen molar-refractivity contribution in [3.63, 3.8) is 0 Å². The number of pyridine rings is 2. The highest BCUT2D eigenvalue weighted by atomic mass is 32.1. The van der Waals surface area contributed by atoms with Gasteiger partial charge in [0.15, 0.2) is 0 Å². The van der Waals surface area contributed by atoms with Gasteiger partial charge in [0.05, 0.1) is 17.9 Å². The minimum absolute atomic E-state index is 0.267. The van der Waals surface area contributed by atoms with Crippen molar-refractivity contribution in [2.45, 2.75) is 6.04 Å². The summed E-state index contributed by atoms with van der Waals surface area (Å²) in [6, 6.07) is 7.40. The van der Waals surface area contributed by atoms with E-state index in [-0.39, 0.29) is 6.04 Å². The Morgan fingerprint density at radius 1 is 1.09 bits per heavy atom. The second-order valence-corrected chi connectivity index (χ2v) is 5.78. The molecule has 22 heavy (non-hydrogen) atoms. The minimum Gasteiger partial charge on any atom is -0.318 e. The first-order valence-electron chi connectivity index (χ1n) is 6.73. The monoisotopic (exact) mass is 308 g/mol. The number of rotatable bonds is 3. The Morgan fingerprint density at radius 3 is 2.68 bits per heavy atom. The Kier molecular flexibility index (Phi) is 3.14. The average molecular weight is 308 g/mol. The first kappa shape index (κ1) is 13.1. The van der Waals surface area contributed by atoms with E-state index in [4.69, 9.17) is 5.73 Å². The van der Waals surface area contributed by atoms with Gasteiger partial charge in [0.2, 0.25) is 4.96 Å². The van der Waals surface area contributed by atoms with Gasteiger partial charge < -0.3 is 5.73 Å². The van der Waals surface area contributed by atoms with Crippen LogP contribution in [0.15, 0.2) is 55.2 Å². The van der Waals surface area contributed by atoms with E-state index in [2.05, 4.69) is 20.1 Å². The first-order chi connectivity index (χ1) is 10.8. The van der Waals surface area contributed by atoms with Crippen LogP contribution in [0.25, 0.3) is 16.2 Å². The molecule has 4 rings (SSSR count). The highest BCUT2D eigenvalue weighted by Gasteiger charge is 2.16.